The van der Waals surface area contributed by atoms with Gasteiger partial charge in [0.05, 0.1) is 10.4 Å². The summed E-state index contributed by atoms with van der Waals surface area (Å²) in [5, 5.41) is 2.86. The number of nitrogen functional groups attached to an aromatic ring is 2. The molecule has 2 aromatic heterocycles. The molecule has 0 aliphatic rings. The highest BCUT2D eigenvalue weighted by Crippen LogP contribution is 2.42. The van der Waals surface area contributed by atoms with Crippen molar-refractivity contribution in [1.29, 1.82) is 0 Å². The molecule has 3 aromatic carbocycles. The van der Waals surface area contributed by atoms with Gasteiger partial charge in [0.2, 0.25) is 5.88 Å². The summed E-state index contributed by atoms with van der Waals surface area (Å²) in [4.78, 5) is 4.63. The second-order valence-corrected chi connectivity index (χ2v) is 7.20. The lowest BCUT2D eigenvalue weighted by Crippen LogP contribution is -1.92. The zero-order valence-corrected chi connectivity index (χ0v) is 15.9. The Bertz CT molecular complexity index is 1410. The quantitative estimate of drug-likeness (QED) is 0.364. The number of rotatable bonds is 2. The molecular formula is C23H15ClFN3O. The average molecular weight is 404 g/mol. The van der Waals surface area contributed by atoms with E-state index in [9.17, 15) is 4.39 Å². The van der Waals surface area contributed by atoms with E-state index in [4.69, 9.17) is 27.5 Å². The molecule has 0 fully saturated rings. The molecule has 0 aliphatic heterocycles. The fraction of sp³-hybridized carbons (Fsp3) is 0. The summed E-state index contributed by atoms with van der Waals surface area (Å²) in [5.41, 5.74) is 15.9. The number of hydrogen-bond acceptors (Lipinski definition) is 4. The summed E-state index contributed by atoms with van der Waals surface area (Å²) >= 11 is 5.97. The number of nitrogens with zero attached hydrogens (tertiary/aromatic N) is 1. The molecule has 5 rings (SSSR count). The van der Waals surface area contributed by atoms with Crippen molar-refractivity contribution < 1.29 is 8.81 Å². The maximum absolute atomic E-state index is 13.6. The summed E-state index contributed by atoms with van der Waals surface area (Å²) in [6.07, 6.45) is 1.68. The second-order valence-electron chi connectivity index (χ2n) is 6.80. The van der Waals surface area contributed by atoms with E-state index in [2.05, 4.69) is 4.98 Å². The number of halogens is 2. The van der Waals surface area contributed by atoms with Crippen molar-refractivity contribution in [1.82, 2.24) is 4.98 Å². The molecule has 0 aliphatic carbocycles. The molecule has 4 N–H and O–H groups in total. The molecule has 4 nitrogen and oxygen atoms in total. The molecule has 29 heavy (non-hydrogen) atoms. The summed E-state index contributed by atoms with van der Waals surface area (Å²) in [7, 11) is 0. The smallest absolute Gasteiger partial charge is 0.215 e. The van der Waals surface area contributed by atoms with Gasteiger partial charge in [0.25, 0.3) is 0 Å². The van der Waals surface area contributed by atoms with E-state index in [0.29, 0.717) is 33.5 Å². The van der Waals surface area contributed by atoms with Crippen molar-refractivity contribution in [3.8, 4) is 22.4 Å². The zero-order valence-electron chi connectivity index (χ0n) is 15.1. The Morgan fingerprint density at radius 3 is 2.45 bits per heavy atom. The summed E-state index contributed by atoms with van der Waals surface area (Å²) in [5.74, 6) is -0.378. The van der Waals surface area contributed by atoms with E-state index in [1.165, 1.54) is 12.1 Å². The Balaban J connectivity index is 1.78. The minimum atomic E-state index is -0.493. The van der Waals surface area contributed by atoms with Crippen LogP contribution in [0.15, 0.2) is 71.3 Å². The third-order valence-electron chi connectivity index (χ3n) is 5.03. The van der Waals surface area contributed by atoms with E-state index in [1.54, 1.807) is 12.3 Å². The third-order valence-corrected chi connectivity index (χ3v) is 5.32. The minimum Gasteiger partial charge on any atom is -0.436 e. The van der Waals surface area contributed by atoms with Crippen LogP contribution in [0.1, 0.15) is 0 Å². The van der Waals surface area contributed by atoms with Crippen LogP contribution in [0.2, 0.25) is 5.02 Å². The number of pyridine rings is 1. The minimum absolute atomic E-state index is 0.0179. The summed E-state index contributed by atoms with van der Waals surface area (Å²) in [6.45, 7) is 0. The van der Waals surface area contributed by atoms with Gasteiger partial charge in [0.1, 0.15) is 17.2 Å². The lowest BCUT2D eigenvalue weighted by atomic mass is 9.99. The van der Waals surface area contributed by atoms with Gasteiger partial charge in [0.15, 0.2) is 5.58 Å². The Morgan fingerprint density at radius 1 is 0.897 bits per heavy atom. The van der Waals surface area contributed by atoms with E-state index in [-0.39, 0.29) is 10.9 Å². The van der Waals surface area contributed by atoms with Crippen molar-refractivity contribution in [3.05, 3.63) is 77.7 Å². The molecule has 0 spiro atoms. The van der Waals surface area contributed by atoms with Crippen molar-refractivity contribution in [2.45, 2.75) is 0 Å². The first-order valence-electron chi connectivity index (χ1n) is 8.94. The average Bonchev–Trinajstić information content (AvgIpc) is 3.04. The van der Waals surface area contributed by atoms with Gasteiger partial charge in [-0.25, -0.2) is 4.39 Å². The fourth-order valence-corrected chi connectivity index (χ4v) is 3.75. The van der Waals surface area contributed by atoms with Crippen molar-refractivity contribution >= 4 is 44.9 Å². The molecule has 0 amide bonds. The molecule has 0 saturated carbocycles. The Labute approximate surface area is 170 Å². The highest BCUT2D eigenvalue weighted by molar-refractivity contribution is 6.31. The predicted octanol–water partition coefficient (Wildman–Crippen LogP) is 6.27. The van der Waals surface area contributed by atoms with E-state index < -0.39 is 5.82 Å². The topological polar surface area (TPSA) is 78.1 Å². The standard InChI is InChI=1S/C23H15ClFN3O/c24-17-10-14(7-8-18(17)25)16-11-28-21(22-19(16)20(26)23(27)29-22)15-6-5-12-3-1-2-4-13(12)9-15/h1-11H,26-27H2. The van der Waals surface area contributed by atoms with Crippen molar-refractivity contribution in [3.63, 3.8) is 0 Å². The fourth-order valence-electron chi connectivity index (χ4n) is 3.57. The molecule has 0 atom stereocenters. The van der Waals surface area contributed by atoms with Crippen LogP contribution in [0.4, 0.5) is 16.0 Å². The van der Waals surface area contributed by atoms with Crippen molar-refractivity contribution in [2.24, 2.45) is 0 Å². The van der Waals surface area contributed by atoms with Crippen LogP contribution in [0.3, 0.4) is 0 Å². The number of hydrogen-bond donors (Lipinski definition) is 2. The van der Waals surface area contributed by atoms with E-state index in [0.717, 1.165) is 16.3 Å². The summed E-state index contributed by atoms with van der Waals surface area (Å²) < 4.78 is 19.4. The number of aromatic nitrogens is 1. The van der Waals surface area contributed by atoms with Gasteiger partial charge < -0.3 is 15.9 Å². The number of anilines is 2. The molecule has 6 heteroatoms. The van der Waals surface area contributed by atoms with Crippen LogP contribution in [0.5, 0.6) is 0 Å². The predicted molar refractivity (Wildman–Crippen MR) is 116 cm³/mol. The first-order chi connectivity index (χ1) is 14.0. The maximum Gasteiger partial charge on any atom is 0.215 e. The van der Waals surface area contributed by atoms with Crippen LogP contribution in [0, 0.1) is 5.82 Å². The van der Waals surface area contributed by atoms with Gasteiger partial charge in [-0.1, -0.05) is 54.1 Å². The number of nitrogens with two attached hydrogens (primary N) is 2. The molecule has 0 unspecified atom stereocenters. The molecule has 2 heterocycles. The normalized spacial score (nSPS) is 11.4. The molecule has 142 valence electrons. The van der Waals surface area contributed by atoms with Gasteiger partial charge in [-0.15, -0.1) is 0 Å². The highest BCUT2D eigenvalue weighted by atomic mass is 35.5. The summed E-state index contributed by atoms with van der Waals surface area (Å²) in [6, 6.07) is 18.6. The number of benzene rings is 3. The number of furan rings is 1. The highest BCUT2D eigenvalue weighted by Gasteiger charge is 2.20. The van der Waals surface area contributed by atoms with Gasteiger partial charge in [0, 0.05) is 17.3 Å². The monoisotopic (exact) mass is 403 g/mol. The van der Waals surface area contributed by atoms with Gasteiger partial charge in [-0.05, 0) is 34.5 Å². The van der Waals surface area contributed by atoms with Crippen molar-refractivity contribution in [2.75, 3.05) is 11.5 Å². The van der Waals surface area contributed by atoms with Crippen LogP contribution < -0.4 is 11.5 Å². The first-order valence-corrected chi connectivity index (χ1v) is 9.32. The molecule has 0 saturated heterocycles. The van der Waals surface area contributed by atoms with Gasteiger partial charge in [-0.3, -0.25) is 4.98 Å². The van der Waals surface area contributed by atoms with Gasteiger partial charge in [-0.2, -0.15) is 0 Å². The Kier molecular flexibility index (Phi) is 3.93. The van der Waals surface area contributed by atoms with E-state index >= 15 is 0 Å². The zero-order chi connectivity index (χ0) is 20.1. The molecule has 0 bridgehead atoms. The first kappa shape index (κ1) is 17.5. The lowest BCUT2D eigenvalue weighted by molar-refractivity contribution is 0.628. The SMILES string of the molecule is Nc1oc2c(-c3ccc4ccccc4c3)ncc(-c3ccc(F)c(Cl)c3)c2c1N. The number of fused-ring (bicyclic) bond motifs is 2. The Hall–Kier alpha value is -3.57. The van der Waals surface area contributed by atoms with E-state index in [1.807, 2.05) is 42.5 Å². The van der Waals surface area contributed by atoms with Gasteiger partial charge >= 0.3 is 0 Å². The molecule has 5 aromatic rings. The van der Waals surface area contributed by atoms with Crippen LogP contribution in [0.25, 0.3) is 44.1 Å². The van der Waals surface area contributed by atoms with Crippen LogP contribution >= 0.6 is 11.6 Å². The Morgan fingerprint density at radius 2 is 1.66 bits per heavy atom. The van der Waals surface area contributed by atoms with Crippen LogP contribution in [-0.4, -0.2) is 4.98 Å². The molecule has 0 radical (unpaired) electrons. The largest absolute Gasteiger partial charge is 0.436 e. The second kappa shape index (κ2) is 6.50. The lowest BCUT2D eigenvalue weighted by Gasteiger charge is -2.09. The third kappa shape index (κ3) is 2.79. The molecular weight excluding hydrogens is 389 g/mol. The van der Waals surface area contributed by atoms with Crippen LogP contribution in [-0.2, 0) is 0 Å². The maximum atomic E-state index is 13.6.